The van der Waals surface area contributed by atoms with Gasteiger partial charge < -0.3 is 10.1 Å². The summed E-state index contributed by atoms with van der Waals surface area (Å²) in [5.41, 5.74) is 1.31. The largest absolute Gasteiger partial charge is 0.379 e. The first kappa shape index (κ1) is 17.9. The number of imide groups is 1. The smallest absolute Gasteiger partial charge is 0.251 e. The molecule has 1 aliphatic rings. The first-order valence-electron chi connectivity index (χ1n) is 7.88. The lowest BCUT2D eigenvalue weighted by Crippen LogP contribution is -2.39. The molecule has 1 aromatic carbocycles. The zero-order chi connectivity index (χ0) is 17.0. The molecule has 1 N–H and O–H groups in total. The van der Waals surface area contributed by atoms with E-state index in [0.29, 0.717) is 23.9 Å². The number of anilines is 1. The summed E-state index contributed by atoms with van der Waals surface area (Å²) in [4.78, 5) is 26.0. The minimum atomic E-state index is -0.472. The van der Waals surface area contributed by atoms with E-state index in [1.807, 2.05) is 20.8 Å². The van der Waals surface area contributed by atoms with Crippen LogP contribution < -0.4 is 10.2 Å². The summed E-state index contributed by atoms with van der Waals surface area (Å²) in [6.45, 7) is 7.05. The molecule has 1 heterocycles. The van der Waals surface area contributed by atoms with E-state index in [1.54, 1.807) is 18.2 Å². The Hall–Kier alpha value is -1.43. The SMILES string of the molecule is Cc1c(Cl)cccc1N1C(=O)CC(NCCCOC(C)C)C1=O. The van der Waals surface area contributed by atoms with Crippen LogP contribution in [0.1, 0.15) is 32.3 Å². The number of carbonyl (C=O) groups is 2. The normalized spacial score (nSPS) is 18.3. The van der Waals surface area contributed by atoms with Crippen molar-refractivity contribution in [3.8, 4) is 0 Å². The first-order chi connectivity index (χ1) is 10.9. The van der Waals surface area contributed by atoms with Gasteiger partial charge in [-0.2, -0.15) is 0 Å². The van der Waals surface area contributed by atoms with Crippen LogP contribution in [-0.2, 0) is 14.3 Å². The lowest BCUT2D eigenvalue weighted by atomic mass is 10.2. The third kappa shape index (κ3) is 4.31. The van der Waals surface area contributed by atoms with Crippen LogP contribution in [0.4, 0.5) is 5.69 Å². The van der Waals surface area contributed by atoms with Crippen LogP contribution in [0.2, 0.25) is 5.02 Å². The minimum absolute atomic E-state index is 0.176. The molecule has 23 heavy (non-hydrogen) atoms. The van der Waals surface area contributed by atoms with E-state index in [4.69, 9.17) is 16.3 Å². The van der Waals surface area contributed by atoms with Crippen molar-refractivity contribution in [1.29, 1.82) is 0 Å². The van der Waals surface area contributed by atoms with Crippen LogP contribution in [0.15, 0.2) is 18.2 Å². The van der Waals surface area contributed by atoms with E-state index in [0.717, 1.165) is 12.0 Å². The highest BCUT2D eigenvalue weighted by Gasteiger charge is 2.39. The van der Waals surface area contributed by atoms with Crippen molar-refractivity contribution in [3.63, 3.8) is 0 Å². The predicted octanol–water partition coefficient (Wildman–Crippen LogP) is 2.69. The van der Waals surface area contributed by atoms with Gasteiger partial charge in [0, 0.05) is 11.6 Å². The van der Waals surface area contributed by atoms with E-state index in [2.05, 4.69) is 5.32 Å². The molecule has 1 unspecified atom stereocenters. The van der Waals surface area contributed by atoms with Gasteiger partial charge in [-0.25, -0.2) is 4.90 Å². The maximum absolute atomic E-state index is 12.5. The number of halogens is 1. The lowest BCUT2D eigenvalue weighted by Gasteiger charge is -2.18. The van der Waals surface area contributed by atoms with Gasteiger partial charge in [0.05, 0.1) is 24.3 Å². The van der Waals surface area contributed by atoms with Crippen LogP contribution in [0.5, 0.6) is 0 Å². The van der Waals surface area contributed by atoms with Crippen molar-refractivity contribution in [3.05, 3.63) is 28.8 Å². The number of nitrogens with one attached hydrogen (secondary N) is 1. The van der Waals surface area contributed by atoms with Crippen molar-refractivity contribution in [1.82, 2.24) is 5.32 Å². The Kier molecular flexibility index (Phi) is 6.16. The van der Waals surface area contributed by atoms with Crippen LogP contribution in [0, 0.1) is 6.92 Å². The van der Waals surface area contributed by atoms with Gasteiger partial charge in [-0.1, -0.05) is 17.7 Å². The van der Waals surface area contributed by atoms with Gasteiger partial charge in [0.1, 0.15) is 0 Å². The summed E-state index contributed by atoms with van der Waals surface area (Å²) in [7, 11) is 0. The van der Waals surface area contributed by atoms with Crippen molar-refractivity contribution in [2.75, 3.05) is 18.1 Å². The quantitative estimate of drug-likeness (QED) is 0.613. The molecule has 0 aromatic heterocycles. The van der Waals surface area contributed by atoms with Crippen LogP contribution in [0.3, 0.4) is 0 Å². The van der Waals surface area contributed by atoms with Gasteiger partial charge >= 0.3 is 0 Å². The maximum Gasteiger partial charge on any atom is 0.251 e. The summed E-state index contributed by atoms with van der Waals surface area (Å²) in [5, 5.41) is 3.69. The third-order valence-corrected chi connectivity index (χ3v) is 4.20. The lowest BCUT2D eigenvalue weighted by molar-refractivity contribution is -0.121. The van der Waals surface area contributed by atoms with Gasteiger partial charge in [-0.3, -0.25) is 9.59 Å². The molecule has 0 radical (unpaired) electrons. The molecule has 0 saturated carbocycles. The predicted molar refractivity (Wildman–Crippen MR) is 90.8 cm³/mol. The molecule has 2 amide bonds. The molecule has 0 aliphatic carbocycles. The van der Waals surface area contributed by atoms with E-state index in [1.165, 1.54) is 4.90 Å². The highest BCUT2D eigenvalue weighted by molar-refractivity contribution is 6.32. The number of hydrogen-bond donors (Lipinski definition) is 1. The Bertz CT molecular complexity index is 589. The second kappa shape index (κ2) is 7.90. The first-order valence-corrected chi connectivity index (χ1v) is 8.26. The van der Waals surface area contributed by atoms with Gasteiger partial charge in [0.2, 0.25) is 5.91 Å². The highest BCUT2D eigenvalue weighted by Crippen LogP contribution is 2.30. The van der Waals surface area contributed by atoms with Crippen molar-refractivity contribution < 1.29 is 14.3 Å². The summed E-state index contributed by atoms with van der Waals surface area (Å²) in [6.07, 6.45) is 1.17. The molecule has 1 fully saturated rings. The van der Waals surface area contributed by atoms with Crippen LogP contribution >= 0.6 is 11.6 Å². The van der Waals surface area contributed by atoms with E-state index in [9.17, 15) is 9.59 Å². The molecule has 1 atom stereocenters. The number of ether oxygens (including phenoxy) is 1. The second-order valence-corrected chi connectivity index (χ2v) is 6.34. The Morgan fingerprint density at radius 1 is 1.39 bits per heavy atom. The standard InChI is InChI=1S/C17H23ClN2O3/c1-11(2)23-9-5-8-19-14-10-16(21)20(17(14)22)15-7-4-6-13(18)12(15)3/h4,6-7,11,14,19H,5,8-10H2,1-3H3. The topological polar surface area (TPSA) is 58.6 Å². The molecule has 2 rings (SSSR count). The fourth-order valence-corrected chi connectivity index (χ4v) is 2.72. The summed E-state index contributed by atoms with van der Waals surface area (Å²) < 4.78 is 5.46. The molecule has 0 spiro atoms. The van der Waals surface area contributed by atoms with Crippen molar-refractivity contribution in [2.45, 2.75) is 45.8 Å². The number of benzene rings is 1. The average Bonchev–Trinajstić information content (AvgIpc) is 2.76. The van der Waals surface area contributed by atoms with Gasteiger partial charge in [-0.05, 0) is 51.4 Å². The molecule has 126 valence electrons. The average molecular weight is 339 g/mol. The number of carbonyl (C=O) groups excluding carboxylic acids is 2. The zero-order valence-electron chi connectivity index (χ0n) is 13.8. The molecule has 1 aliphatic heterocycles. The Labute approximate surface area is 141 Å². The summed E-state index contributed by atoms with van der Waals surface area (Å²) in [5.74, 6) is -0.415. The van der Waals surface area contributed by atoms with Crippen LogP contribution in [0.25, 0.3) is 0 Å². The van der Waals surface area contributed by atoms with E-state index in [-0.39, 0.29) is 24.3 Å². The van der Waals surface area contributed by atoms with Crippen molar-refractivity contribution >= 4 is 29.1 Å². The van der Waals surface area contributed by atoms with Gasteiger partial charge in [0.25, 0.3) is 5.91 Å². The molecule has 1 aromatic rings. The van der Waals surface area contributed by atoms with Crippen molar-refractivity contribution in [2.24, 2.45) is 0 Å². The second-order valence-electron chi connectivity index (χ2n) is 5.94. The number of nitrogens with zero attached hydrogens (tertiary/aromatic N) is 1. The Balaban J connectivity index is 1.96. The fourth-order valence-electron chi connectivity index (χ4n) is 2.55. The Morgan fingerprint density at radius 2 is 2.13 bits per heavy atom. The highest BCUT2D eigenvalue weighted by atomic mass is 35.5. The minimum Gasteiger partial charge on any atom is -0.379 e. The molecular weight excluding hydrogens is 316 g/mol. The fraction of sp³-hybridized carbons (Fsp3) is 0.529. The molecule has 1 saturated heterocycles. The Morgan fingerprint density at radius 3 is 2.83 bits per heavy atom. The van der Waals surface area contributed by atoms with E-state index < -0.39 is 6.04 Å². The number of hydrogen-bond acceptors (Lipinski definition) is 4. The van der Waals surface area contributed by atoms with Crippen LogP contribution in [-0.4, -0.2) is 37.1 Å². The molecule has 6 heteroatoms. The van der Waals surface area contributed by atoms with E-state index >= 15 is 0 Å². The zero-order valence-corrected chi connectivity index (χ0v) is 14.5. The molecular formula is C17H23ClN2O3. The monoisotopic (exact) mass is 338 g/mol. The summed E-state index contributed by atoms with van der Waals surface area (Å²) in [6, 6.07) is 4.76. The maximum atomic E-state index is 12.5. The summed E-state index contributed by atoms with van der Waals surface area (Å²) >= 11 is 6.09. The third-order valence-electron chi connectivity index (χ3n) is 3.79. The number of amides is 2. The molecule has 5 nitrogen and oxygen atoms in total. The number of rotatable bonds is 7. The van der Waals surface area contributed by atoms with Gasteiger partial charge in [-0.15, -0.1) is 0 Å². The molecule has 0 bridgehead atoms. The van der Waals surface area contributed by atoms with Gasteiger partial charge in [0.15, 0.2) is 0 Å².